The van der Waals surface area contributed by atoms with E-state index in [2.05, 4.69) is 39.8 Å². The highest BCUT2D eigenvalue weighted by atomic mass is 16.5. The van der Waals surface area contributed by atoms with E-state index in [1.165, 1.54) is 5.56 Å². The van der Waals surface area contributed by atoms with Gasteiger partial charge in [-0.1, -0.05) is 58.0 Å². The zero-order chi connectivity index (χ0) is 12.2. The fourth-order valence-corrected chi connectivity index (χ4v) is 1.73. The van der Waals surface area contributed by atoms with Crippen LogP contribution < -0.4 is 5.73 Å². The van der Waals surface area contributed by atoms with E-state index in [4.69, 9.17) is 10.5 Å². The monoisotopic (exact) mass is 221 g/mol. The highest BCUT2D eigenvalue weighted by Crippen LogP contribution is 2.37. The maximum absolute atomic E-state index is 5.69. The molecule has 0 aromatic heterocycles. The molecule has 0 aliphatic carbocycles. The standard InChI is InChI=1S/C14H23NO/c1-11(14(2,3)4)13(16-10-15)12-8-6-5-7-9-12/h5-9,11,13H,10,15H2,1-4H3. The molecule has 0 heterocycles. The van der Waals surface area contributed by atoms with Gasteiger partial charge in [-0.05, 0) is 16.9 Å². The molecule has 16 heavy (non-hydrogen) atoms. The zero-order valence-electron chi connectivity index (χ0n) is 10.7. The summed E-state index contributed by atoms with van der Waals surface area (Å²) in [6.07, 6.45) is 0.0752. The largest absolute Gasteiger partial charge is 0.358 e. The Morgan fingerprint density at radius 1 is 1.19 bits per heavy atom. The molecule has 0 aliphatic heterocycles. The fourth-order valence-electron chi connectivity index (χ4n) is 1.73. The van der Waals surface area contributed by atoms with Gasteiger partial charge in [0.15, 0.2) is 0 Å². The van der Waals surface area contributed by atoms with Gasteiger partial charge in [0, 0.05) is 0 Å². The summed E-state index contributed by atoms with van der Waals surface area (Å²) >= 11 is 0. The van der Waals surface area contributed by atoms with Gasteiger partial charge in [-0.15, -0.1) is 0 Å². The summed E-state index contributed by atoms with van der Waals surface area (Å²) in [5.41, 5.74) is 6.93. The zero-order valence-corrected chi connectivity index (χ0v) is 10.7. The predicted molar refractivity (Wildman–Crippen MR) is 67.9 cm³/mol. The van der Waals surface area contributed by atoms with Crippen LogP contribution in [0.4, 0.5) is 0 Å². The number of benzene rings is 1. The fraction of sp³-hybridized carbons (Fsp3) is 0.571. The van der Waals surface area contributed by atoms with Crippen LogP contribution in [0, 0.1) is 11.3 Å². The number of hydrogen-bond donors (Lipinski definition) is 1. The first-order chi connectivity index (χ1) is 7.46. The molecule has 0 bridgehead atoms. The van der Waals surface area contributed by atoms with Gasteiger partial charge in [-0.25, -0.2) is 0 Å². The van der Waals surface area contributed by atoms with E-state index >= 15 is 0 Å². The van der Waals surface area contributed by atoms with E-state index in [9.17, 15) is 0 Å². The van der Waals surface area contributed by atoms with Crippen molar-refractivity contribution in [1.29, 1.82) is 0 Å². The highest BCUT2D eigenvalue weighted by molar-refractivity contribution is 5.18. The van der Waals surface area contributed by atoms with Crippen molar-refractivity contribution in [2.75, 3.05) is 6.73 Å². The Bertz CT molecular complexity index is 302. The Hall–Kier alpha value is -0.860. The van der Waals surface area contributed by atoms with Gasteiger partial charge in [0.05, 0.1) is 12.8 Å². The summed E-state index contributed by atoms with van der Waals surface area (Å²) in [7, 11) is 0. The van der Waals surface area contributed by atoms with Crippen LogP contribution in [0.15, 0.2) is 30.3 Å². The van der Waals surface area contributed by atoms with E-state index in [1.807, 2.05) is 18.2 Å². The second-order valence-electron chi connectivity index (χ2n) is 5.32. The summed E-state index contributed by atoms with van der Waals surface area (Å²) < 4.78 is 5.69. The van der Waals surface area contributed by atoms with Gasteiger partial charge in [0.2, 0.25) is 0 Å². The van der Waals surface area contributed by atoms with E-state index in [1.54, 1.807) is 0 Å². The second-order valence-corrected chi connectivity index (χ2v) is 5.32. The Morgan fingerprint density at radius 2 is 1.75 bits per heavy atom. The molecule has 1 aromatic carbocycles. The first kappa shape index (κ1) is 13.2. The van der Waals surface area contributed by atoms with Gasteiger partial charge < -0.3 is 10.5 Å². The van der Waals surface area contributed by atoms with Gasteiger partial charge >= 0.3 is 0 Å². The van der Waals surface area contributed by atoms with Gasteiger partial charge in [0.1, 0.15) is 0 Å². The van der Waals surface area contributed by atoms with Crippen molar-refractivity contribution in [2.24, 2.45) is 17.1 Å². The molecular weight excluding hydrogens is 198 g/mol. The summed E-state index contributed by atoms with van der Waals surface area (Å²) in [4.78, 5) is 0. The second kappa shape index (κ2) is 5.46. The Morgan fingerprint density at radius 3 is 2.19 bits per heavy atom. The SMILES string of the molecule is CC(C(OCN)c1ccccc1)C(C)(C)C. The molecule has 2 atom stereocenters. The summed E-state index contributed by atoms with van der Waals surface area (Å²) in [5, 5.41) is 0. The molecule has 1 rings (SSSR count). The first-order valence-corrected chi connectivity index (χ1v) is 5.83. The third-order valence-electron chi connectivity index (χ3n) is 3.22. The minimum absolute atomic E-state index is 0.0752. The van der Waals surface area contributed by atoms with Crippen LogP contribution in [0.1, 0.15) is 39.4 Å². The number of nitrogens with two attached hydrogens (primary N) is 1. The van der Waals surface area contributed by atoms with E-state index < -0.39 is 0 Å². The predicted octanol–water partition coefficient (Wildman–Crippen LogP) is 3.34. The van der Waals surface area contributed by atoms with Gasteiger partial charge in [-0.3, -0.25) is 0 Å². The van der Waals surface area contributed by atoms with Crippen LogP contribution in [-0.4, -0.2) is 6.73 Å². The Kier molecular flexibility index (Phi) is 4.51. The van der Waals surface area contributed by atoms with E-state index in [0.717, 1.165) is 0 Å². The van der Waals surface area contributed by atoms with Crippen LogP contribution in [0.3, 0.4) is 0 Å². The topological polar surface area (TPSA) is 35.2 Å². The van der Waals surface area contributed by atoms with Crippen LogP contribution in [0.2, 0.25) is 0 Å². The normalized spacial score (nSPS) is 15.8. The minimum atomic E-state index is 0.0752. The van der Waals surface area contributed by atoms with Crippen molar-refractivity contribution in [1.82, 2.24) is 0 Å². The average Bonchev–Trinajstić information content (AvgIpc) is 2.25. The molecule has 90 valence electrons. The van der Waals surface area contributed by atoms with Crippen LogP contribution in [0.5, 0.6) is 0 Å². The lowest BCUT2D eigenvalue weighted by molar-refractivity contribution is -0.0165. The first-order valence-electron chi connectivity index (χ1n) is 5.83. The molecule has 0 aliphatic rings. The van der Waals surface area contributed by atoms with Crippen molar-refractivity contribution < 1.29 is 4.74 Å². The molecule has 0 radical (unpaired) electrons. The summed E-state index contributed by atoms with van der Waals surface area (Å²) in [5.74, 6) is 0.415. The number of rotatable bonds is 4. The summed E-state index contributed by atoms with van der Waals surface area (Å²) in [6.45, 7) is 9.17. The number of ether oxygens (including phenoxy) is 1. The van der Waals surface area contributed by atoms with Crippen molar-refractivity contribution in [2.45, 2.75) is 33.8 Å². The molecule has 0 saturated carbocycles. The van der Waals surface area contributed by atoms with Crippen molar-refractivity contribution >= 4 is 0 Å². The number of hydrogen-bond acceptors (Lipinski definition) is 2. The third-order valence-corrected chi connectivity index (χ3v) is 3.22. The van der Waals surface area contributed by atoms with Crippen LogP contribution >= 0.6 is 0 Å². The summed E-state index contributed by atoms with van der Waals surface area (Å²) in [6, 6.07) is 10.3. The Labute approximate surface area is 98.8 Å². The molecule has 0 fully saturated rings. The van der Waals surface area contributed by atoms with Crippen molar-refractivity contribution in [3.8, 4) is 0 Å². The maximum Gasteiger partial charge on any atom is 0.0948 e. The van der Waals surface area contributed by atoms with Crippen molar-refractivity contribution in [3.63, 3.8) is 0 Å². The lowest BCUT2D eigenvalue weighted by Gasteiger charge is -2.34. The average molecular weight is 221 g/mol. The Balaban J connectivity index is 2.92. The maximum atomic E-state index is 5.69. The molecule has 0 spiro atoms. The van der Waals surface area contributed by atoms with E-state index in [0.29, 0.717) is 5.92 Å². The molecule has 2 heteroatoms. The lowest BCUT2D eigenvalue weighted by Crippen LogP contribution is -2.27. The molecule has 1 aromatic rings. The van der Waals surface area contributed by atoms with Gasteiger partial charge in [0.25, 0.3) is 0 Å². The lowest BCUT2D eigenvalue weighted by atomic mass is 9.77. The molecule has 0 amide bonds. The minimum Gasteiger partial charge on any atom is -0.358 e. The molecule has 2 N–H and O–H groups in total. The highest BCUT2D eigenvalue weighted by Gasteiger charge is 2.29. The molecule has 0 saturated heterocycles. The molecule has 2 nitrogen and oxygen atoms in total. The molecular formula is C14H23NO. The molecule has 2 unspecified atom stereocenters. The van der Waals surface area contributed by atoms with Crippen LogP contribution in [0.25, 0.3) is 0 Å². The third kappa shape index (κ3) is 3.32. The smallest absolute Gasteiger partial charge is 0.0948 e. The van der Waals surface area contributed by atoms with Crippen molar-refractivity contribution in [3.05, 3.63) is 35.9 Å². The quantitative estimate of drug-likeness (QED) is 0.791. The van der Waals surface area contributed by atoms with Gasteiger partial charge in [-0.2, -0.15) is 0 Å². The van der Waals surface area contributed by atoms with E-state index in [-0.39, 0.29) is 18.2 Å². The van der Waals surface area contributed by atoms with Crippen LogP contribution in [-0.2, 0) is 4.74 Å².